The second kappa shape index (κ2) is 15.2. The van der Waals surface area contributed by atoms with Crippen LogP contribution < -0.4 is 0 Å². The molecule has 0 radical (unpaired) electrons. The van der Waals surface area contributed by atoms with Crippen LogP contribution in [0.4, 0.5) is 8.78 Å². The standard InChI is InChI=1S/C28H34ClF2N5O3.C6H5Cl/c1-4-28(38,27(31)7-9-35(2)10-8-27)20-11-19(16-37)24(22(30)12-20)25(39-18-26(17-32)5-6-26)36(3)15-23-33-13-21(29)14-34-23;7-6-4-2-1-3-5-6/h11-14,16,25,38H,4-10,15,18H2,1-3H3;1-5H. The highest BCUT2D eigenvalue weighted by Gasteiger charge is 2.53. The van der Waals surface area contributed by atoms with Crippen molar-refractivity contribution in [1.29, 1.82) is 5.26 Å². The Kier molecular flexibility index (Phi) is 11.9. The Bertz CT molecular complexity index is 1510. The van der Waals surface area contributed by atoms with Crippen LogP contribution in [0.25, 0.3) is 0 Å². The molecular formula is C34H39Cl2F2N5O3. The third-order valence-corrected chi connectivity index (χ3v) is 9.30. The molecule has 2 atom stereocenters. The minimum absolute atomic E-state index is 0.00270. The minimum atomic E-state index is -1.98. The fourth-order valence-corrected chi connectivity index (χ4v) is 5.90. The van der Waals surface area contributed by atoms with Gasteiger partial charge >= 0.3 is 0 Å². The Hall–Kier alpha value is -3.04. The summed E-state index contributed by atoms with van der Waals surface area (Å²) in [5, 5.41) is 22.3. The van der Waals surface area contributed by atoms with Crippen molar-refractivity contribution in [3.05, 3.63) is 93.2 Å². The van der Waals surface area contributed by atoms with Crippen molar-refractivity contribution in [2.45, 2.75) is 63.1 Å². The molecule has 1 saturated carbocycles. The summed E-state index contributed by atoms with van der Waals surface area (Å²) >= 11 is 11.4. The zero-order chi connectivity index (χ0) is 33.5. The molecule has 1 saturated heterocycles. The van der Waals surface area contributed by atoms with Gasteiger partial charge in [0.15, 0.2) is 6.29 Å². The molecule has 2 aromatic carbocycles. The highest BCUT2D eigenvalue weighted by atomic mass is 35.5. The second-order valence-electron chi connectivity index (χ2n) is 12.1. The maximum absolute atomic E-state index is 16.2. The zero-order valence-corrected chi connectivity index (χ0v) is 27.7. The van der Waals surface area contributed by atoms with Crippen LogP contribution >= 0.6 is 23.2 Å². The molecule has 1 aliphatic heterocycles. The van der Waals surface area contributed by atoms with Gasteiger partial charge in [0.1, 0.15) is 29.1 Å². The number of ether oxygens (including phenoxy) is 1. The SMILES string of the molecule is CCC(O)(c1cc(F)c(C(OCC2(C#N)CC2)N(C)Cc2ncc(Cl)cn2)c(C=O)c1)C1(F)CCN(C)CC1.Clc1ccccc1. The summed E-state index contributed by atoms with van der Waals surface area (Å²) in [5.41, 5.74) is -4.73. The van der Waals surface area contributed by atoms with Crippen LogP contribution in [0.3, 0.4) is 0 Å². The first-order valence-corrected chi connectivity index (χ1v) is 15.9. The lowest BCUT2D eigenvalue weighted by Crippen LogP contribution is -2.54. The summed E-state index contributed by atoms with van der Waals surface area (Å²) in [6, 6.07) is 14.2. The van der Waals surface area contributed by atoms with Gasteiger partial charge in [-0.2, -0.15) is 5.26 Å². The number of nitriles is 1. The molecule has 0 bridgehead atoms. The van der Waals surface area contributed by atoms with Crippen molar-refractivity contribution in [2.75, 3.05) is 33.8 Å². The highest BCUT2D eigenvalue weighted by Crippen LogP contribution is 2.48. The van der Waals surface area contributed by atoms with E-state index in [0.717, 1.165) is 11.1 Å². The molecule has 2 heterocycles. The number of hydrogen-bond acceptors (Lipinski definition) is 8. The van der Waals surface area contributed by atoms with Gasteiger partial charge < -0.3 is 14.7 Å². The van der Waals surface area contributed by atoms with Crippen LogP contribution in [0, 0.1) is 22.6 Å². The van der Waals surface area contributed by atoms with E-state index in [9.17, 15) is 15.2 Å². The molecular weight excluding hydrogens is 635 g/mol. The number of piperidine rings is 1. The quantitative estimate of drug-likeness (QED) is 0.173. The van der Waals surface area contributed by atoms with Crippen molar-refractivity contribution in [2.24, 2.45) is 5.41 Å². The molecule has 1 aliphatic carbocycles. The van der Waals surface area contributed by atoms with Gasteiger partial charge in [0.2, 0.25) is 0 Å². The minimum Gasteiger partial charge on any atom is -0.382 e. The number of rotatable bonds is 11. The van der Waals surface area contributed by atoms with Crippen LogP contribution in [0.5, 0.6) is 0 Å². The Morgan fingerprint density at radius 2 is 1.78 bits per heavy atom. The first-order chi connectivity index (χ1) is 21.9. The predicted molar refractivity (Wildman–Crippen MR) is 172 cm³/mol. The van der Waals surface area contributed by atoms with E-state index in [2.05, 4.69) is 16.0 Å². The van der Waals surface area contributed by atoms with Crippen LogP contribution in [-0.4, -0.2) is 70.6 Å². The number of carbonyl (C=O) groups excluding carboxylic acids is 1. The zero-order valence-electron chi connectivity index (χ0n) is 26.2. The lowest BCUT2D eigenvalue weighted by atomic mass is 9.71. The molecule has 3 aromatic rings. The summed E-state index contributed by atoms with van der Waals surface area (Å²) in [6.07, 6.45) is 3.78. The van der Waals surface area contributed by atoms with E-state index in [-0.39, 0.29) is 49.1 Å². The number of halogens is 4. The number of nitrogens with zero attached hydrogens (tertiary/aromatic N) is 5. The van der Waals surface area contributed by atoms with E-state index >= 15 is 8.78 Å². The van der Waals surface area contributed by atoms with Crippen LogP contribution in [0.2, 0.25) is 10.0 Å². The predicted octanol–water partition coefficient (Wildman–Crippen LogP) is 6.90. The summed E-state index contributed by atoms with van der Waals surface area (Å²) in [4.78, 5) is 24.3. The maximum atomic E-state index is 16.2. The van der Waals surface area contributed by atoms with Crippen molar-refractivity contribution >= 4 is 29.5 Å². The number of aromatic nitrogens is 2. The topological polar surface area (TPSA) is 103 Å². The van der Waals surface area contributed by atoms with Crippen LogP contribution in [-0.2, 0) is 16.9 Å². The number of hydrogen-bond donors (Lipinski definition) is 1. The molecule has 1 aromatic heterocycles. The third kappa shape index (κ3) is 8.26. The van der Waals surface area contributed by atoms with Gasteiger partial charge in [-0.15, -0.1) is 0 Å². The lowest BCUT2D eigenvalue weighted by Gasteiger charge is -2.46. The number of aldehydes is 1. The van der Waals surface area contributed by atoms with E-state index in [1.165, 1.54) is 18.5 Å². The van der Waals surface area contributed by atoms with Crippen molar-refractivity contribution in [1.82, 2.24) is 19.8 Å². The maximum Gasteiger partial charge on any atom is 0.150 e. The highest BCUT2D eigenvalue weighted by molar-refractivity contribution is 6.30. The Morgan fingerprint density at radius 1 is 1.15 bits per heavy atom. The van der Waals surface area contributed by atoms with Gasteiger partial charge in [0.05, 0.1) is 29.7 Å². The van der Waals surface area contributed by atoms with Gasteiger partial charge in [-0.1, -0.05) is 48.3 Å². The number of alkyl halides is 1. The van der Waals surface area contributed by atoms with Gasteiger partial charge in [-0.05, 0) is 76.0 Å². The summed E-state index contributed by atoms with van der Waals surface area (Å²) in [6.45, 7) is 2.72. The van der Waals surface area contributed by atoms with Crippen molar-refractivity contribution < 1.29 is 23.4 Å². The Labute approximate surface area is 278 Å². The molecule has 2 fully saturated rings. The molecule has 0 amide bonds. The average Bonchev–Trinajstić information content (AvgIpc) is 3.84. The molecule has 246 valence electrons. The lowest BCUT2D eigenvalue weighted by molar-refractivity contribution is -0.136. The Balaban J connectivity index is 0.000000606. The molecule has 12 heteroatoms. The number of carbonyl (C=O) groups is 1. The average molecular weight is 675 g/mol. The van der Waals surface area contributed by atoms with Gasteiger partial charge in [-0.3, -0.25) is 9.69 Å². The molecule has 8 nitrogen and oxygen atoms in total. The first kappa shape index (κ1) is 35.8. The van der Waals surface area contributed by atoms with Gasteiger partial charge in [0.25, 0.3) is 0 Å². The number of benzene rings is 2. The summed E-state index contributed by atoms with van der Waals surface area (Å²) in [7, 11) is 3.54. The Morgan fingerprint density at radius 3 is 2.28 bits per heavy atom. The van der Waals surface area contributed by atoms with Gasteiger partial charge in [-0.25, -0.2) is 18.7 Å². The van der Waals surface area contributed by atoms with Gasteiger partial charge in [0, 0.05) is 41.6 Å². The number of likely N-dealkylation sites (tertiary alicyclic amines) is 1. The van der Waals surface area contributed by atoms with E-state index in [4.69, 9.17) is 27.9 Å². The van der Waals surface area contributed by atoms with Crippen molar-refractivity contribution in [3.63, 3.8) is 0 Å². The van der Waals surface area contributed by atoms with Crippen LogP contribution in [0.1, 0.15) is 72.6 Å². The van der Waals surface area contributed by atoms with E-state index in [0.29, 0.717) is 43.1 Å². The first-order valence-electron chi connectivity index (χ1n) is 15.2. The molecule has 46 heavy (non-hydrogen) atoms. The normalized spacial score (nSPS) is 18.9. The van der Waals surface area contributed by atoms with E-state index < -0.39 is 28.7 Å². The fraction of sp³-hybridized carbons (Fsp3) is 0.471. The molecule has 2 unspecified atom stereocenters. The van der Waals surface area contributed by atoms with E-state index in [1.54, 1.807) is 18.9 Å². The van der Waals surface area contributed by atoms with E-state index in [1.807, 2.05) is 42.3 Å². The smallest absolute Gasteiger partial charge is 0.150 e. The molecule has 1 N–H and O–H groups in total. The molecule has 0 spiro atoms. The van der Waals surface area contributed by atoms with Crippen molar-refractivity contribution in [3.8, 4) is 6.07 Å². The number of aliphatic hydroxyl groups is 1. The second-order valence-corrected chi connectivity index (χ2v) is 13.0. The van der Waals surface area contributed by atoms with Crippen LogP contribution in [0.15, 0.2) is 54.9 Å². The fourth-order valence-electron chi connectivity index (χ4n) is 5.65. The summed E-state index contributed by atoms with van der Waals surface area (Å²) < 4.78 is 38.4. The molecule has 5 rings (SSSR count). The monoisotopic (exact) mass is 673 g/mol. The summed E-state index contributed by atoms with van der Waals surface area (Å²) in [5.74, 6) is -0.419. The largest absolute Gasteiger partial charge is 0.382 e. The molecule has 2 aliphatic rings. The third-order valence-electron chi connectivity index (χ3n) is 8.85.